The summed E-state index contributed by atoms with van der Waals surface area (Å²) in [6.45, 7) is 0. The highest BCUT2D eigenvalue weighted by atomic mass is 32.1. The van der Waals surface area contributed by atoms with Gasteiger partial charge < -0.3 is 5.11 Å². The molecule has 1 aromatic carbocycles. The van der Waals surface area contributed by atoms with E-state index in [0.717, 1.165) is 17.2 Å². The van der Waals surface area contributed by atoms with E-state index in [2.05, 4.69) is 14.1 Å². The zero-order chi connectivity index (χ0) is 9.26. The number of fused-ring (bicyclic) bond motifs is 1. The lowest BCUT2D eigenvalue weighted by atomic mass is 10.3. The van der Waals surface area contributed by atoms with Crippen molar-refractivity contribution >= 4 is 34.5 Å². The van der Waals surface area contributed by atoms with Gasteiger partial charge in [0.05, 0.1) is 11.7 Å². The summed E-state index contributed by atoms with van der Waals surface area (Å²) in [6, 6.07) is 5.02. The van der Waals surface area contributed by atoms with Crippen LogP contribution >= 0.6 is 11.7 Å². The molecule has 1 heterocycles. The molecule has 1 amide bonds. The standard InChI is InChI=1S/C7H5N3O2S/c11-7(12)8-4-1-2-5-6(3-4)10-13-9-5/h1-3,8H,(H,11,12). The van der Waals surface area contributed by atoms with E-state index in [1.807, 2.05) is 0 Å². The minimum atomic E-state index is -1.08. The van der Waals surface area contributed by atoms with Gasteiger partial charge in [0.25, 0.3) is 0 Å². The first-order valence-electron chi connectivity index (χ1n) is 3.48. The molecule has 0 bridgehead atoms. The van der Waals surface area contributed by atoms with E-state index in [1.54, 1.807) is 18.2 Å². The first-order chi connectivity index (χ1) is 6.25. The van der Waals surface area contributed by atoms with Crippen molar-refractivity contribution in [1.82, 2.24) is 8.75 Å². The highest BCUT2D eigenvalue weighted by Gasteiger charge is 2.01. The van der Waals surface area contributed by atoms with Crippen LogP contribution in [0, 0.1) is 0 Å². The van der Waals surface area contributed by atoms with Gasteiger partial charge in [-0.25, -0.2) is 4.79 Å². The van der Waals surface area contributed by atoms with Gasteiger partial charge in [-0.3, -0.25) is 5.32 Å². The van der Waals surface area contributed by atoms with Crippen molar-refractivity contribution < 1.29 is 9.90 Å². The monoisotopic (exact) mass is 195 g/mol. The van der Waals surface area contributed by atoms with E-state index in [1.165, 1.54) is 0 Å². The van der Waals surface area contributed by atoms with Crippen molar-refractivity contribution in [1.29, 1.82) is 0 Å². The van der Waals surface area contributed by atoms with Crippen molar-refractivity contribution in [2.45, 2.75) is 0 Å². The fourth-order valence-electron chi connectivity index (χ4n) is 0.983. The van der Waals surface area contributed by atoms with Gasteiger partial charge in [0.1, 0.15) is 11.0 Å². The highest BCUT2D eigenvalue weighted by molar-refractivity contribution is 7.00. The average molecular weight is 195 g/mol. The minimum Gasteiger partial charge on any atom is -0.465 e. The molecule has 0 spiro atoms. The number of nitrogens with zero attached hydrogens (tertiary/aromatic N) is 2. The van der Waals surface area contributed by atoms with Crippen LogP contribution in [0.1, 0.15) is 0 Å². The summed E-state index contributed by atoms with van der Waals surface area (Å²) in [5.74, 6) is 0. The Bertz CT molecular complexity index is 454. The average Bonchev–Trinajstić information content (AvgIpc) is 2.49. The normalized spacial score (nSPS) is 10.2. The highest BCUT2D eigenvalue weighted by Crippen LogP contribution is 2.16. The molecule has 1 aromatic heterocycles. The summed E-state index contributed by atoms with van der Waals surface area (Å²) in [7, 11) is 0. The number of carbonyl (C=O) groups is 1. The van der Waals surface area contributed by atoms with Crippen molar-refractivity contribution in [3.63, 3.8) is 0 Å². The molecule has 0 radical (unpaired) electrons. The van der Waals surface area contributed by atoms with Crippen LogP contribution in [0.2, 0.25) is 0 Å². The first-order valence-corrected chi connectivity index (χ1v) is 4.21. The Kier molecular flexibility index (Phi) is 1.82. The molecule has 0 saturated heterocycles. The third-order valence-electron chi connectivity index (χ3n) is 1.51. The second-order valence-electron chi connectivity index (χ2n) is 2.40. The van der Waals surface area contributed by atoms with Gasteiger partial charge >= 0.3 is 6.09 Å². The summed E-state index contributed by atoms with van der Waals surface area (Å²) >= 11 is 1.11. The van der Waals surface area contributed by atoms with Gasteiger partial charge in [-0.1, -0.05) is 0 Å². The Morgan fingerprint density at radius 3 is 2.92 bits per heavy atom. The van der Waals surface area contributed by atoms with Crippen molar-refractivity contribution in [2.24, 2.45) is 0 Å². The minimum absolute atomic E-state index is 0.507. The van der Waals surface area contributed by atoms with Crippen LogP contribution in [0.25, 0.3) is 11.0 Å². The maximum Gasteiger partial charge on any atom is 0.409 e. The molecular weight excluding hydrogens is 190 g/mol. The Labute approximate surface area is 77.3 Å². The molecule has 0 saturated carbocycles. The van der Waals surface area contributed by atoms with Crippen molar-refractivity contribution in [3.05, 3.63) is 18.2 Å². The van der Waals surface area contributed by atoms with E-state index in [-0.39, 0.29) is 0 Å². The maximum atomic E-state index is 10.3. The molecule has 0 aliphatic carbocycles. The lowest BCUT2D eigenvalue weighted by molar-refractivity contribution is 0.210. The number of nitrogens with one attached hydrogen (secondary N) is 1. The Morgan fingerprint density at radius 1 is 1.38 bits per heavy atom. The van der Waals surface area contributed by atoms with Gasteiger partial charge in [0, 0.05) is 5.69 Å². The number of rotatable bonds is 1. The van der Waals surface area contributed by atoms with Gasteiger partial charge in [-0.05, 0) is 18.2 Å². The molecule has 0 aliphatic heterocycles. The molecule has 2 aromatic rings. The molecule has 0 atom stereocenters. The van der Waals surface area contributed by atoms with Crippen LogP contribution in [-0.2, 0) is 0 Å². The van der Waals surface area contributed by atoms with E-state index in [4.69, 9.17) is 5.11 Å². The Balaban J connectivity index is 2.42. The lowest BCUT2D eigenvalue weighted by Crippen LogP contribution is -2.06. The predicted molar refractivity (Wildman–Crippen MR) is 49.1 cm³/mol. The number of hydrogen-bond donors (Lipinski definition) is 2. The number of amides is 1. The van der Waals surface area contributed by atoms with Crippen LogP contribution in [0.3, 0.4) is 0 Å². The third kappa shape index (κ3) is 1.57. The molecular formula is C7H5N3O2S. The number of benzene rings is 1. The number of carboxylic acid groups (broad SMARTS) is 1. The summed E-state index contributed by atoms with van der Waals surface area (Å²) in [6.07, 6.45) is -1.08. The summed E-state index contributed by atoms with van der Waals surface area (Å²) in [4.78, 5) is 10.3. The van der Waals surface area contributed by atoms with Crippen LogP contribution in [0.4, 0.5) is 10.5 Å². The topological polar surface area (TPSA) is 75.1 Å². The van der Waals surface area contributed by atoms with Gasteiger partial charge in [-0.15, -0.1) is 0 Å². The summed E-state index contributed by atoms with van der Waals surface area (Å²) < 4.78 is 7.98. The predicted octanol–water partition coefficient (Wildman–Crippen LogP) is 1.78. The van der Waals surface area contributed by atoms with E-state index in [0.29, 0.717) is 11.2 Å². The quantitative estimate of drug-likeness (QED) is 0.727. The van der Waals surface area contributed by atoms with E-state index >= 15 is 0 Å². The first kappa shape index (κ1) is 7.93. The number of anilines is 1. The second-order valence-corrected chi connectivity index (χ2v) is 2.93. The zero-order valence-corrected chi connectivity index (χ0v) is 7.21. The Morgan fingerprint density at radius 2 is 2.15 bits per heavy atom. The van der Waals surface area contributed by atoms with Gasteiger partial charge in [0.2, 0.25) is 0 Å². The van der Waals surface area contributed by atoms with E-state index < -0.39 is 6.09 Å². The Hall–Kier alpha value is -1.69. The molecule has 66 valence electrons. The van der Waals surface area contributed by atoms with E-state index in [9.17, 15) is 4.79 Å². The molecule has 0 fully saturated rings. The van der Waals surface area contributed by atoms with Gasteiger partial charge in [-0.2, -0.15) is 8.75 Å². The van der Waals surface area contributed by atoms with Crippen LogP contribution in [-0.4, -0.2) is 19.9 Å². The molecule has 13 heavy (non-hydrogen) atoms. The largest absolute Gasteiger partial charge is 0.465 e. The molecule has 0 unspecified atom stereocenters. The summed E-state index contributed by atoms with van der Waals surface area (Å²) in [5.41, 5.74) is 1.99. The molecule has 2 rings (SSSR count). The van der Waals surface area contributed by atoms with Crippen LogP contribution in [0.5, 0.6) is 0 Å². The summed E-state index contributed by atoms with van der Waals surface area (Å²) in [5, 5.41) is 10.7. The fourth-order valence-corrected chi connectivity index (χ4v) is 1.50. The van der Waals surface area contributed by atoms with Gasteiger partial charge in [0.15, 0.2) is 0 Å². The van der Waals surface area contributed by atoms with Crippen molar-refractivity contribution in [2.75, 3.05) is 5.32 Å². The lowest BCUT2D eigenvalue weighted by Gasteiger charge is -1.98. The molecule has 0 aliphatic rings. The third-order valence-corrected chi connectivity index (χ3v) is 2.06. The number of aromatic nitrogens is 2. The maximum absolute atomic E-state index is 10.3. The smallest absolute Gasteiger partial charge is 0.409 e. The SMILES string of the molecule is O=C(O)Nc1ccc2nsnc2c1. The fraction of sp³-hybridized carbons (Fsp3) is 0. The van der Waals surface area contributed by atoms with Crippen molar-refractivity contribution in [3.8, 4) is 0 Å². The molecule has 2 N–H and O–H groups in total. The second kappa shape index (κ2) is 2.98. The van der Waals surface area contributed by atoms with Crippen LogP contribution < -0.4 is 5.32 Å². The molecule has 6 heteroatoms. The van der Waals surface area contributed by atoms with Crippen LogP contribution in [0.15, 0.2) is 18.2 Å². The number of hydrogen-bond acceptors (Lipinski definition) is 4. The zero-order valence-electron chi connectivity index (χ0n) is 6.39. The molecule has 5 nitrogen and oxygen atoms in total.